The van der Waals surface area contributed by atoms with Crippen molar-refractivity contribution < 1.29 is 0 Å². The van der Waals surface area contributed by atoms with Crippen LogP contribution in [0.3, 0.4) is 0 Å². The second-order valence-electron chi connectivity index (χ2n) is 5.24. The molecular weight excluding hydrogens is 256 g/mol. The van der Waals surface area contributed by atoms with E-state index in [0.29, 0.717) is 17.0 Å². The first kappa shape index (κ1) is 12.4. The highest BCUT2D eigenvalue weighted by Gasteiger charge is 2.31. The molecule has 0 bridgehead atoms. The van der Waals surface area contributed by atoms with Gasteiger partial charge in [-0.15, -0.1) is 0 Å². The highest BCUT2D eigenvalue weighted by molar-refractivity contribution is 8.00. The van der Waals surface area contributed by atoms with Gasteiger partial charge < -0.3 is 10.3 Å². The van der Waals surface area contributed by atoms with Gasteiger partial charge in [-0.2, -0.15) is 17.0 Å². The van der Waals surface area contributed by atoms with Crippen LogP contribution in [-0.4, -0.2) is 20.1 Å². The van der Waals surface area contributed by atoms with E-state index in [0.717, 1.165) is 12.1 Å². The van der Waals surface area contributed by atoms with E-state index in [9.17, 15) is 0 Å². The molecule has 1 aromatic carbocycles. The van der Waals surface area contributed by atoms with Crippen LogP contribution in [0.25, 0.3) is 11.0 Å². The fraction of sp³-hybridized carbons (Fsp3) is 0.429. The summed E-state index contributed by atoms with van der Waals surface area (Å²) in [6.07, 6.45) is 2.46. The number of hydrogen-bond donors (Lipinski definition) is 1. The average molecular weight is 272 g/mol. The van der Waals surface area contributed by atoms with Crippen LogP contribution in [0.5, 0.6) is 0 Å². The van der Waals surface area contributed by atoms with Crippen molar-refractivity contribution in [2.75, 3.05) is 11.5 Å². The summed E-state index contributed by atoms with van der Waals surface area (Å²) >= 11 is 2.00. The zero-order valence-corrected chi connectivity index (χ0v) is 11.7. The Morgan fingerprint density at radius 2 is 2.42 bits per heavy atom. The SMILES string of the molecule is CC1(Cn2c(N)nc3c(C#N)cccc32)CCCS1. The Morgan fingerprint density at radius 1 is 1.58 bits per heavy atom. The Balaban J connectivity index is 2.09. The van der Waals surface area contributed by atoms with Gasteiger partial charge >= 0.3 is 0 Å². The van der Waals surface area contributed by atoms with E-state index in [2.05, 4.69) is 22.5 Å². The van der Waals surface area contributed by atoms with Crippen molar-refractivity contribution in [1.29, 1.82) is 5.26 Å². The van der Waals surface area contributed by atoms with Crippen molar-refractivity contribution in [2.24, 2.45) is 0 Å². The molecule has 1 aliphatic heterocycles. The number of nitrogens with zero attached hydrogens (tertiary/aromatic N) is 3. The third-order valence-corrected chi connectivity index (χ3v) is 5.24. The molecule has 0 saturated carbocycles. The predicted octanol–water partition coefficient (Wildman–Crippen LogP) is 2.78. The maximum atomic E-state index is 9.13. The van der Waals surface area contributed by atoms with Crippen LogP contribution in [0.2, 0.25) is 0 Å². The number of imidazole rings is 1. The monoisotopic (exact) mass is 272 g/mol. The topological polar surface area (TPSA) is 67.6 Å². The summed E-state index contributed by atoms with van der Waals surface area (Å²) in [5.41, 5.74) is 8.32. The van der Waals surface area contributed by atoms with Gasteiger partial charge in [0.25, 0.3) is 0 Å². The largest absolute Gasteiger partial charge is 0.369 e. The molecule has 1 atom stereocenters. The van der Waals surface area contributed by atoms with Gasteiger partial charge in [0.05, 0.1) is 11.1 Å². The van der Waals surface area contributed by atoms with Gasteiger partial charge in [-0.05, 0) is 37.7 Å². The minimum Gasteiger partial charge on any atom is -0.369 e. The molecule has 98 valence electrons. The average Bonchev–Trinajstić information content (AvgIpc) is 2.95. The van der Waals surface area contributed by atoms with Crippen molar-refractivity contribution in [2.45, 2.75) is 31.1 Å². The zero-order valence-electron chi connectivity index (χ0n) is 10.9. The Bertz CT molecular complexity index is 662. The number of thioether (sulfide) groups is 1. The number of aromatic nitrogens is 2. The number of nitrogen functional groups attached to an aromatic ring is 1. The minimum absolute atomic E-state index is 0.227. The number of rotatable bonds is 2. The Hall–Kier alpha value is -1.67. The quantitative estimate of drug-likeness (QED) is 0.912. The van der Waals surface area contributed by atoms with Crippen LogP contribution in [0.4, 0.5) is 5.95 Å². The molecular formula is C14H16N4S. The molecule has 1 aliphatic rings. The molecule has 5 heteroatoms. The molecule has 1 aromatic heterocycles. The van der Waals surface area contributed by atoms with Crippen molar-refractivity contribution in [3.8, 4) is 6.07 Å². The minimum atomic E-state index is 0.227. The summed E-state index contributed by atoms with van der Waals surface area (Å²) < 4.78 is 2.28. The lowest BCUT2D eigenvalue weighted by Gasteiger charge is -2.24. The van der Waals surface area contributed by atoms with Crippen molar-refractivity contribution in [1.82, 2.24) is 9.55 Å². The summed E-state index contributed by atoms with van der Waals surface area (Å²) in [6, 6.07) is 7.84. The first-order valence-corrected chi connectivity index (χ1v) is 7.40. The number of benzene rings is 1. The summed E-state index contributed by atoms with van der Waals surface area (Å²) in [7, 11) is 0. The standard InChI is InChI=1S/C14H16N4S/c1-14(6-3-7-19-14)9-18-11-5-2-4-10(8-15)12(11)17-13(18)16/h2,4-5H,3,6-7,9H2,1H3,(H2,16,17). The molecule has 1 saturated heterocycles. The Morgan fingerprint density at radius 3 is 3.11 bits per heavy atom. The third kappa shape index (κ3) is 2.06. The molecule has 0 radical (unpaired) electrons. The van der Waals surface area contributed by atoms with Crippen molar-refractivity contribution in [3.05, 3.63) is 23.8 Å². The van der Waals surface area contributed by atoms with Gasteiger partial charge in [0.15, 0.2) is 0 Å². The first-order valence-electron chi connectivity index (χ1n) is 6.42. The number of nitrogens with two attached hydrogens (primary N) is 1. The van der Waals surface area contributed by atoms with E-state index in [1.54, 1.807) is 6.07 Å². The van der Waals surface area contributed by atoms with E-state index in [1.807, 2.05) is 23.9 Å². The van der Waals surface area contributed by atoms with E-state index >= 15 is 0 Å². The van der Waals surface area contributed by atoms with Crippen LogP contribution in [0.15, 0.2) is 18.2 Å². The second-order valence-corrected chi connectivity index (χ2v) is 6.93. The second kappa shape index (κ2) is 4.46. The summed E-state index contributed by atoms with van der Waals surface area (Å²) in [6.45, 7) is 3.14. The Kier molecular flexibility index (Phi) is 2.90. The van der Waals surface area contributed by atoms with Gasteiger partial charge in [-0.3, -0.25) is 0 Å². The number of para-hydroxylation sites is 1. The van der Waals surface area contributed by atoms with Crippen LogP contribution in [0.1, 0.15) is 25.3 Å². The lowest BCUT2D eigenvalue weighted by molar-refractivity contribution is 0.522. The van der Waals surface area contributed by atoms with E-state index in [1.165, 1.54) is 18.6 Å². The molecule has 2 N–H and O–H groups in total. The number of anilines is 1. The maximum absolute atomic E-state index is 9.13. The normalized spacial score (nSPS) is 22.7. The number of nitriles is 1. The van der Waals surface area contributed by atoms with Gasteiger partial charge in [0.1, 0.15) is 11.6 Å². The molecule has 0 spiro atoms. The molecule has 0 aliphatic carbocycles. The maximum Gasteiger partial charge on any atom is 0.201 e. The lowest BCUT2D eigenvalue weighted by Crippen LogP contribution is -2.24. The van der Waals surface area contributed by atoms with Gasteiger partial charge in [0.2, 0.25) is 5.95 Å². The van der Waals surface area contributed by atoms with E-state index in [4.69, 9.17) is 11.0 Å². The summed E-state index contributed by atoms with van der Waals surface area (Å²) in [5.74, 6) is 1.72. The van der Waals surface area contributed by atoms with Gasteiger partial charge in [-0.1, -0.05) is 6.07 Å². The molecule has 1 fully saturated rings. The predicted molar refractivity (Wildman–Crippen MR) is 79.0 cm³/mol. The van der Waals surface area contributed by atoms with Crippen LogP contribution in [0, 0.1) is 11.3 Å². The summed E-state index contributed by atoms with van der Waals surface area (Å²) in [4.78, 5) is 4.37. The summed E-state index contributed by atoms with van der Waals surface area (Å²) in [5, 5.41) is 9.13. The molecule has 0 amide bonds. The zero-order chi connectivity index (χ0) is 13.5. The number of fused-ring (bicyclic) bond motifs is 1. The highest BCUT2D eigenvalue weighted by Crippen LogP contribution is 2.40. The molecule has 2 heterocycles. The van der Waals surface area contributed by atoms with Crippen LogP contribution in [-0.2, 0) is 6.54 Å². The first-order chi connectivity index (χ1) is 9.13. The molecule has 3 rings (SSSR count). The van der Waals surface area contributed by atoms with Crippen molar-refractivity contribution >= 4 is 28.7 Å². The van der Waals surface area contributed by atoms with Crippen LogP contribution >= 0.6 is 11.8 Å². The smallest absolute Gasteiger partial charge is 0.201 e. The van der Waals surface area contributed by atoms with E-state index < -0.39 is 0 Å². The molecule has 4 nitrogen and oxygen atoms in total. The van der Waals surface area contributed by atoms with E-state index in [-0.39, 0.29) is 4.75 Å². The van der Waals surface area contributed by atoms with Crippen LogP contribution < -0.4 is 5.73 Å². The third-order valence-electron chi connectivity index (χ3n) is 3.72. The number of hydrogen-bond acceptors (Lipinski definition) is 4. The fourth-order valence-electron chi connectivity index (χ4n) is 2.72. The van der Waals surface area contributed by atoms with Crippen molar-refractivity contribution in [3.63, 3.8) is 0 Å². The fourth-order valence-corrected chi connectivity index (χ4v) is 4.01. The Labute approximate surface area is 116 Å². The molecule has 19 heavy (non-hydrogen) atoms. The molecule has 1 unspecified atom stereocenters. The van der Waals surface area contributed by atoms with Gasteiger partial charge in [-0.25, -0.2) is 4.98 Å². The highest BCUT2D eigenvalue weighted by atomic mass is 32.2. The van der Waals surface area contributed by atoms with Gasteiger partial charge in [0, 0.05) is 11.3 Å². The molecule has 2 aromatic rings. The lowest BCUT2D eigenvalue weighted by atomic mass is 10.1.